The monoisotopic (exact) mass is 942 g/mol. The number of carbonyl (C=O) groups excluding carboxylic acids is 2. The maximum Gasteiger partial charge on any atom is 0.305 e. The molecule has 0 spiro atoms. The van der Waals surface area contributed by atoms with E-state index in [1.165, 1.54) is 205 Å². The number of carbonyl (C=O) groups is 2. The van der Waals surface area contributed by atoms with E-state index < -0.39 is 12.1 Å². The fraction of sp³-hybridized carbons (Fsp3) is 0.869. The molecule has 0 radical (unpaired) electrons. The molecule has 3 N–H and O–H groups in total. The number of ether oxygens (including phenoxy) is 1. The van der Waals surface area contributed by atoms with Gasteiger partial charge in [-0.15, -0.1) is 0 Å². The van der Waals surface area contributed by atoms with Crippen LogP contribution in [0.15, 0.2) is 36.5 Å². The Morgan fingerprint density at radius 3 is 1.06 bits per heavy atom. The molecule has 0 aliphatic heterocycles. The molecule has 0 rings (SSSR count). The number of hydrogen-bond acceptors (Lipinski definition) is 5. The van der Waals surface area contributed by atoms with Gasteiger partial charge in [0.2, 0.25) is 5.91 Å². The third-order valence-corrected chi connectivity index (χ3v) is 13.6. The first kappa shape index (κ1) is 65.1. The van der Waals surface area contributed by atoms with Crippen molar-refractivity contribution >= 4 is 11.9 Å². The van der Waals surface area contributed by atoms with E-state index in [4.69, 9.17) is 4.74 Å². The lowest BCUT2D eigenvalue weighted by molar-refractivity contribution is -0.143. The molecule has 67 heavy (non-hydrogen) atoms. The summed E-state index contributed by atoms with van der Waals surface area (Å²) in [6.07, 6.45) is 70.3. The largest absolute Gasteiger partial charge is 0.466 e. The number of unbranched alkanes of at least 4 members (excludes halogenated alkanes) is 40. The van der Waals surface area contributed by atoms with Gasteiger partial charge in [0.15, 0.2) is 0 Å². The van der Waals surface area contributed by atoms with Crippen molar-refractivity contribution in [3.05, 3.63) is 36.5 Å². The smallest absolute Gasteiger partial charge is 0.305 e. The molecule has 0 saturated carbocycles. The summed E-state index contributed by atoms with van der Waals surface area (Å²) in [6, 6.07) is -0.651. The number of esters is 1. The van der Waals surface area contributed by atoms with E-state index in [-0.39, 0.29) is 18.5 Å². The van der Waals surface area contributed by atoms with Crippen molar-refractivity contribution in [1.29, 1.82) is 0 Å². The Hall–Kier alpha value is -1.92. The molecule has 0 aromatic carbocycles. The van der Waals surface area contributed by atoms with Crippen LogP contribution in [-0.2, 0) is 14.3 Å². The summed E-state index contributed by atoms with van der Waals surface area (Å²) in [7, 11) is 0. The maximum absolute atomic E-state index is 12.5. The van der Waals surface area contributed by atoms with E-state index in [0.29, 0.717) is 19.4 Å². The van der Waals surface area contributed by atoms with Crippen LogP contribution < -0.4 is 5.32 Å². The summed E-state index contributed by atoms with van der Waals surface area (Å²) < 4.78 is 5.44. The number of hydrogen-bond donors (Lipinski definition) is 3. The molecule has 6 heteroatoms. The summed E-state index contributed by atoms with van der Waals surface area (Å²) >= 11 is 0. The van der Waals surface area contributed by atoms with Crippen molar-refractivity contribution in [2.45, 2.75) is 328 Å². The van der Waals surface area contributed by atoms with Crippen LogP contribution in [0.5, 0.6) is 0 Å². The molecule has 6 nitrogen and oxygen atoms in total. The minimum atomic E-state index is -0.865. The van der Waals surface area contributed by atoms with Gasteiger partial charge in [0, 0.05) is 12.8 Å². The van der Waals surface area contributed by atoms with Gasteiger partial charge in [-0.3, -0.25) is 9.59 Å². The van der Waals surface area contributed by atoms with E-state index in [2.05, 4.69) is 43.5 Å². The molecule has 0 aromatic heterocycles. The zero-order valence-electron chi connectivity index (χ0n) is 44.9. The first-order valence-electron chi connectivity index (χ1n) is 29.8. The first-order chi connectivity index (χ1) is 33.0. The van der Waals surface area contributed by atoms with Gasteiger partial charge in [0.25, 0.3) is 0 Å². The van der Waals surface area contributed by atoms with Crippen LogP contribution in [0.4, 0.5) is 0 Å². The second kappa shape index (κ2) is 56.7. The molecule has 0 aromatic rings. The minimum Gasteiger partial charge on any atom is -0.466 e. The molecular formula is C61H115NO5. The molecule has 2 unspecified atom stereocenters. The Labute approximate surface area is 417 Å². The summed E-state index contributed by atoms with van der Waals surface area (Å²) in [5, 5.41) is 23.2. The van der Waals surface area contributed by atoms with E-state index in [9.17, 15) is 19.8 Å². The van der Waals surface area contributed by atoms with Gasteiger partial charge in [0.05, 0.1) is 25.4 Å². The fourth-order valence-corrected chi connectivity index (χ4v) is 9.03. The van der Waals surface area contributed by atoms with Gasteiger partial charge in [-0.2, -0.15) is 0 Å². The standard InChI is InChI=1S/C61H115NO5/c1-3-5-7-9-11-13-15-17-19-21-22-23-24-25-26-27-28-30-33-37-41-45-49-53-59(64)58(57-63)62-60(65)54-50-46-42-38-34-32-36-40-44-48-52-56-67-61(66)55-51-47-43-39-35-31-29-20-18-16-14-12-10-8-6-4-2/h20,29,36,40,49,53,58-59,63-64H,3-19,21-28,30-35,37-39,41-48,50-52,54-57H2,1-2H3,(H,62,65)/b29-20-,40-36-,53-49+. The number of rotatable bonds is 55. The summed E-state index contributed by atoms with van der Waals surface area (Å²) in [5.74, 6) is -0.135. The number of nitrogens with one attached hydrogen (secondary N) is 1. The average Bonchev–Trinajstić information content (AvgIpc) is 3.33. The van der Waals surface area contributed by atoms with Crippen LogP contribution in [-0.4, -0.2) is 47.4 Å². The molecule has 1 amide bonds. The van der Waals surface area contributed by atoms with E-state index in [1.807, 2.05) is 6.08 Å². The molecule has 0 heterocycles. The minimum absolute atomic E-state index is 0.0400. The third kappa shape index (κ3) is 53.3. The molecule has 0 fully saturated rings. The van der Waals surface area contributed by atoms with Crippen LogP contribution in [0.25, 0.3) is 0 Å². The number of amides is 1. The van der Waals surface area contributed by atoms with Crippen LogP contribution in [0.3, 0.4) is 0 Å². The van der Waals surface area contributed by atoms with Gasteiger partial charge in [-0.25, -0.2) is 0 Å². The Balaban J connectivity index is 3.54. The lowest BCUT2D eigenvalue weighted by Gasteiger charge is -2.20. The third-order valence-electron chi connectivity index (χ3n) is 13.6. The van der Waals surface area contributed by atoms with Crippen LogP contribution in [0.2, 0.25) is 0 Å². The molecule has 394 valence electrons. The maximum atomic E-state index is 12.5. The Bertz CT molecular complexity index is 1090. The second-order valence-electron chi connectivity index (χ2n) is 20.3. The lowest BCUT2D eigenvalue weighted by Crippen LogP contribution is -2.45. The predicted molar refractivity (Wildman–Crippen MR) is 292 cm³/mol. The van der Waals surface area contributed by atoms with Crippen molar-refractivity contribution in [2.75, 3.05) is 13.2 Å². The highest BCUT2D eigenvalue weighted by Gasteiger charge is 2.18. The van der Waals surface area contributed by atoms with Crippen LogP contribution in [0.1, 0.15) is 316 Å². The molecule has 0 bridgehead atoms. The lowest BCUT2D eigenvalue weighted by atomic mass is 10.0. The van der Waals surface area contributed by atoms with Gasteiger partial charge in [-0.05, 0) is 83.5 Å². The van der Waals surface area contributed by atoms with Gasteiger partial charge in [0.1, 0.15) is 0 Å². The van der Waals surface area contributed by atoms with Gasteiger partial charge >= 0.3 is 5.97 Å². The molecule has 2 atom stereocenters. The highest BCUT2D eigenvalue weighted by Crippen LogP contribution is 2.17. The van der Waals surface area contributed by atoms with Crippen LogP contribution in [0, 0.1) is 0 Å². The SMILES string of the molecule is CCCCCCCCC/C=C\CCCCCCCC(=O)OCCCC/C=C\CCCCCCCC(=O)NC(CO)C(O)/C=C/CCCCCCCCCCCCCCCCCCCCCCC. The van der Waals surface area contributed by atoms with Gasteiger partial charge < -0.3 is 20.3 Å². The van der Waals surface area contributed by atoms with E-state index in [1.54, 1.807) is 6.08 Å². The zero-order chi connectivity index (χ0) is 48.6. The highest BCUT2D eigenvalue weighted by molar-refractivity contribution is 5.76. The highest BCUT2D eigenvalue weighted by atomic mass is 16.5. The normalized spacial score (nSPS) is 12.8. The summed E-state index contributed by atoms with van der Waals surface area (Å²) in [5.41, 5.74) is 0. The molecule has 0 aliphatic rings. The number of allylic oxidation sites excluding steroid dienone is 5. The van der Waals surface area contributed by atoms with Crippen molar-refractivity contribution in [3.63, 3.8) is 0 Å². The molecule has 0 saturated heterocycles. The Morgan fingerprint density at radius 1 is 0.403 bits per heavy atom. The van der Waals surface area contributed by atoms with Crippen molar-refractivity contribution in [2.24, 2.45) is 0 Å². The number of aliphatic hydroxyl groups excluding tert-OH is 2. The number of aliphatic hydroxyl groups is 2. The summed E-state index contributed by atoms with van der Waals surface area (Å²) in [6.45, 7) is 4.83. The summed E-state index contributed by atoms with van der Waals surface area (Å²) in [4.78, 5) is 24.5. The van der Waals surface area contributed by atoms with Crippen molar-refractivity contribution < 1.29 is 24.5 Å². The zero-order valence-corrected chi connectivity index (χ0v) is 44.9. The Kier molecular flexibility index (Phi) is 55.0. The first-order valence-corrected chi connectivity index (χ1v) is 29.8. The molecular weight excluding hydrogens is 827 g/mol. The van der Waals surface area contributed by atoms with E-state index >= 15 is 0 Å². The average molecular weight is 943 g/mol. The van der Waals surface area contributed by atoms with Crippen molar-refractivity contribution in [3.8, 4) is 0 Å². The van der Waals surface area contributed by atoms with Crippen molar-refractivity contribution in [1.82, 2.24) is 5.32 Å². The van der Waals surface area contributed by atoms with Crippen LogP contribution >= 0.6 is 0 Å². The molecule has 0 aliphatic carbocycles. The fourth-order valence-electron chi connectivity index (χ4n) is 9.03. The Morgan fingerprint density at radius 2 is 0.701 bits per heavy atom. The predicted octanol–water partition coefficient (Wildman–Crippen LogP) is 18.4. The van der Waals surface area contributed by atoms with E-state index in [0.717, 1.165) is 83.5 Å². The quantitative estimate of drug-likeness (QED) is 0.0321. The van der Waals surface area contributed by atoms with Gasteiger partial charge in [-0.1, -0.05) is 256 Å². The second-order valence-corrected chi connectivity index (χ2v) is 20.3. The topological polar surface area (TPSA) is 95.9 Å².